The molecule has 2 aromatic rings. The van der Waals surface area contributed by atoms with Crippen LogP contribution in [-0.2, 0) is 0 Å². The predicted molar refractivity (Wildman–Crippen MR) is 56.3 cm³/mol. The van der Waals surface area contributed by atoms with E-state index in [1.54, 1.807) is 12.1 Å². The summed E-state index contributed by atoms with van der Waals surface area (Å²) >= 11 is 0. The molecule has 0 saturated carbocycles. The lowest BCUT2D eigenvalue weighted by atomic mass is 10.2. The molecule has 0 aliphatic rings. The summed E-state index contributed by atoms with van der Waals surface area (Å²) in [5.41, 5.74) is 0.552. The Kier molecular flexibility index (Phi) is 2.86. The third-order valence-electron chi connectivity index (χ3n) is 2.02. The van der Waals surface area contributed by atoms with Gasteiger partial charge in [0.2, 0.25) is 5.78 Å². The molecule has 0 saturated heterocycles. The number of aromatic nitrogens is 3. The number of nitrogens with zero attached hydrogens (tertiary/aromatic N) is 3. The van der Waals surface area contributed by atoms with Crippen molar-refractivity contribution >= 4 is 5.78 Å². The molecule has 0 fully saturated rings. The summed E-state index contributed by atoms with van der Waals surface area (Å²) in [5, 5.41) is 0. The summed E-state index contributed by atoms with van der Waals surface area (Å²) in [6, 6.07) is 4.92. The van der Waals surface area contributed by atoms with Crippen LogP contribution in [0.15, 0.2) is 36.9 Å². The molecule has 0 radical (unpaired) electrons. The second-order valence-corrected chi connectivity index (χ2v) is 2.98. The average Bonchev–Trinajstić information content (AvgIpc) is 2.39. The average molecular weight is 215 g/mol. The number of ether oxygens (including phenoxy) is 1. The number of ketones is 1. The van der Waals surface area contributed by atoms with Gasteiger partial charge in [0, 0.05) is 12.4 Å². The van der Waals surface area contributed by atoms with E-state index in [4.69, 9.17) is 4.74 Å². The molecule has 0 unspecified atom stereocenters. The lowest BCUT2D eigenvalue weighted by Crippen LogP contribution is -2.08. The van der Waals surface area contributed by atoms with Crippen molar-refractivity contribution in [3.05, 3.63) is 48.3 Å². The maximum atomic E-state index is 12.0. The first-order chi connectivity index (χ1) is 7.83. The molecule has 0 bridgehead atoms. The van der Waals surface area contributed by atoms with Crippen LogP contribution in [0.1, 0.15) is 16.2 Å². The lowest BCUT2D eigenvalue weighted by Gasteiger charge is -2.04. The fourth-order valence-corrected chi connectivity index (χ4v) is 1.27. The van der Waals surface area contributed by atoms with Gasteiger partial charge in [0.25, 0.3) is 0 Å². The first-order valence-electron chi connectivity index (χ1n) is 4.62. The van der Waals surface area contributed by atoms with Crippen LogP contribution in [0, 0.1) is 0 Å². The molecule has 0 aliphatic heterocycles. The molecule has 0 aromatic carbocycles. The van der Waals surface area contributed by atoms with E-state index in [9.17, 15) is 4.79 Å². The third-order valence-corrected chi connectivity index (χ3v) is 2.02. The van der Waals surface area contributed by atoms with Gasteiger partial charge < -0.3 is 4.74 Å². The van der Waals surface area contributed by atoms with E-state index < -0.39 is 0 Å². The maximum absolute atomic E-state index is 12.0. The largest absolute Gasteiger partial charge is 0.494 e. The Morgan fingerprint density at radius 2 is 2.12 bits per heavy atom. The van der Waals surface area contributed by atoms with Crippen LogP contribution < -0.4 is 4.74 Å². The highest BCUT2D eigenvalue weighted by atomic mass is 16.5. The van der Waals surface area contributed by atoms with E-state index in [0.29, 0.717) is 11.4 Å². The number of carbonyl (C=O) groups excluding carboxylic acids is 1. The van der Waals surface area contributed by atoms with Gasteiger partial charge >= 0.3 is 0 Å². The van der Waals surface area contributed by atoms with Crippen LogP contribution in [-0.4, -0.2) is 27.8 Å². The number of pyridine rings is 1. The van der Waals surface area contributed by atoms with E-state index in [0.717, 1.165) is 0 Å². The summed E-state index contributed by atoms with van der Waals surface area (Å²) in [4.78, 5) is 23.6. The number of carbonyl (C=O) groups is 1. The molecule has 0 aliphatic carbocycles. The van der Waals surface area contributed by atoms with Crippen LogP contribution in [0.25, 0.3) is 0 Å². The summed E-state index contributed by atoms with van der Waals surface area (Å²) in [6.07, 6.45) is 4.37. The van der Waals surface area contributed by atoms with Crippen molar-refractivity contribution in [1.29, 1.82) is 0 Å². The summed E-state index contributed by atoms with van der Waals surface area (Å²) < 4.78 is 5.06. The number of rotatable bonds is 3. The van der Waals surface area contributed by atoms with Crippen LogP contribution in [0.5, 0.6) is 5.75 Å². The zero-order valence-corrected chi connectivity index (χ0v) is 8.62. The third kappa shape index (κ3) is 1.88. The van der Waals surface area contributed by atoms with E-state index in [1.165, 1.54) is 31.9 Å². The number of methoxy groups -OCH3 is 1. The monoisotopic (exact) mass is 215 g/mol. The smallest absolute Gasteiger partial charge is 0.233 e. The molecule has 0 amide bonds. The van der Waals surface area contributed by atoms with E-state index in [2.05, 4.69) is 15.0 Å². The molecule has 0 N–H and O–H groups in total. The Hall–Kier alpha value is -2.30. The van der Waals surface area contributed by atoms with Gasteiger partial charge in [-0.05, 0) is 18.2 Å². The fourth-order valence-electron chi connectivity index (χ4n) is 1.27. The normalized spacial score (nSPS) is 9.81. The maximum Gasteiger partial charge on any atom is 0.233 e. The first kappa shape index (κ1) is 10.2. The standard InChI is InChI=1S/C11H9N3O2/c1-16-9-3-2-5-13-10(9)11(15)8-4-6-12-7-14-8/h2-7H,1H3. The zero-order chi connectivity index (χ0) is 11.4. The highest BCUT2D eigenvalue weighted by molar-refractivity contribution is 6.07. The summed E-state index contributed by atoms with van der Waals surface area (Å²) in [7, 11) is 1.49. The van der Waals surface area contributed by atoms with E-state index >= 15 is 0 Å². The molecular weight excluding hydrogens is 206 g/mol. The topological polar surface area (TPSA) is 65.0 Å². The van der Waals surface area contributed by atoms with Crippen molar-refractivity contribution in [3.63, 3.8) is 0 Å². The molecule has 0 atom stereocenters. The molecule has 16 heavy (non-hydrogen) atoms. The van der Waals surface area contributed by atoms with E-state index in [-0.39, 0.29) is 11.5 Å². The van der Waals surface area contributed by atoms with Gasteiger partial charge in [-0.1, -0.05) is 0 Å². The van der Waals surface area contributed by atoms with Crippen LogP contribution >= 0.6 is 0 Å². The number of hydrogen-bond acceptors (Lipinski definition) is 5. The van der Waals surface area contributed by atoms with Crippen LogP contribution in [0.4, 0.5) is 0 Å². The number of hydrogen-bond donors (Lipinski definition) is 0. The molecule has 5 heteroatoms. The van der Waals surface area contributed by atoms with Gasteiger partial charge in [0.15, 0.2) is 5.69 Å². The van der Waals surface area contributed by atoms with Gasteiger partial charge in [-0.15, -0.1) is 0 Å². The fraction of sp³-hybridized carbons (Fsp3) is 0.0909. The quantitative estimate of drug-likeness (QED) is 0.717. The van der Waals surface area contributed by atoms with Crippen LogP contribution in [0.3, 0.4) is 0 Å². The Morgan fingerprint density at radius 3 is 2.81 bits per heavy atom. The minimum Gasteiger partial charge on any atom is -0.494 e. The summed E-state index contributed by atoms with van der Waals surface area (Å²) in [6.45, 7) is 0. The van der Waals surface area contributed by atoms with Crippen molar-refractivity contribution in [1.82, 2.24) is 15.0 Å². The second kappa shape index (κ2) is 4.48. The Bertz CT molecular complexity index is 500. The molecular formula is C11H9N3O2. The molecule has 2 rings (SSSR count). The molecule has 0 spiro atoms. The highest BCUT2D eigenvalue weighted by Crippen LogP contribution is 2.17. The van der Waals surface area contributed by atoms with Crippen molar-refractivity contribution in [2.45, 2.75) is 0 Å². The molecule has 5 nitrogen and oxygen atoms in total. The second-order valence-electron chi connectivity index (χ2n) is 2.98. The minimum atomic E-state index is -0.278. The Balaban J connectivity index is 2.42. The lowest BCUT2D eigenvalue weighted by molar-refractivity contribution is 0.102. The van der Waals surface area contributed by atoms with Crippen LogP contribution in [0.2, 0.25) is 0 Å². The minimum absolute atomic E-state index is 0.253. The van der Waals surface area contributed by atoms with Crippen molar-refractivity contribution in [2.75, 3.05) is 7.11 Å². The summed E-state index contributed by atoms with van der Waals surface area (Å²) in [5.74, 6) is 0.158. The van der Waals surface area contributed by atoms with Gasteiger partial charge in [-0.2, -0.15) is 0 Å². The molecule has 80 valence electrons. The van der Waals surface area contributed by atoms with Crippen molar-refractivity contribution in [2.24, 2.45) is 0 Å². The van der Waals surface area contributed by atoms with Crippen molar-refractivity contribution < 1.29 is 9.53 Å². The van der Waals surface area contributed by atoms with Gasteiger partial charge in [-0.25, -0.2) is 15.0 Å². The Morgan fingerprint density at radius 1 is 1.25 bits per heavy atom. The zero-order valence-electron chi connectivity index (χ0n) is 8.62. The Labute approximate surface area is 92.2 Å². The van der Waals surface area contributed by atoms with Crippen molar-refractivity contribution in [3.8, 4) is 5.75 Å². The molecule has 2 aromatic heterocycles. The SMILES string of the molecule is COc1cccnc1C(=O)c1ccncn1. The predicted octanol–water partition coefficient (Wildman–Crippen LogP) is 1.11. The highest BCUT2D eigenvalue weighted by Gasteiger charge is 2.16. The van der Waals surface area contributed by atoms with Gasteiger partial charge in [0.1, 0.15) is 17.8 Å². The van der Waals surface area contributed by atoms with Gasteiger partial charge in [-0.3, -0.25) is 4.79 Å². The first-order valence-corrected chi connectivity index (χ1v) is 4.62. The van der Waals surface area contributed by atoms with E-state index in [1.807, 2.05) is 0 Å². The molecule has 2 heterocycles. The van der Waals surface area contributed by atoms with Gasteiger partial charge in [0.05, 0.1) is 7.11 Å².